The molecule has 16 heavy (non-hydrogen) atoms. The van der Waals surface area contributed by atoms with Crippen LogP contribution in [0.1, 0.15) is 19.4 Å². The Kier molecular flexibility index (Phi) is 4.27. The molecular formula is C12H13NO3. The predicted molar refractivity (Wildman–Crippen MR) is 61.5 cm³/mol. The van der Waals surface area contributed by atoms with Gasteiger partial charge in [0.25, 0.3) is 0 Å². The molecule has 0 saturated carbocycles. The summed E-state index contributed by atoms with van der Waals surface area (Å²) in [6, 6.07) is 7.23. The molecule has 1 amide bonds. The molecule has 0 unspecified atom stereocenters. The molecule has 4 heteroatoms. The molecule has 0 bridgehead atoms. The van der Waals surface area contributed by atoms with Gasteiger partial charge in [0.15, 0.2) is 0 Å². The quantitative estimate of drug-likeness (QED) is 0.626. The smallest absolute Gasteiger partial charge is 0.307 e. The van der Waals surface area contributed by atoms with Gasteiger partial charge in [-0.25, -0.2) is 0 Å². The Morgan fingerprint density at radius 2 is 1.94 bits per heavy atom. The fourth-order valence-corrected chi connectivity index (χ4v) is 1.15. The first kappa shape index (κ1) is 12.0. The Hall–Kier alpha value is -2.10. The van der Waals surface area contributed by atoms with Crippen LogP contribution in [0.2, 0.25) is 0 Å². The summed E-state index contributed by atoms with van der Waals surface area (Å²) in [6.45, 7) is 2.76. The van der Waals surface area contributed by atoms with Crippen LogP contribution in [0.4, 0.5) is 5.69 Å². The molecule has 0 saturated heterocycles. The van der Waals surface area contributed by atoms with Crippen molar-refractivity contribution >= 4 is 23.6 Å². The second kappa shape index (κ2) is 5.70. The molecule has 1 aromatic carbocycles. The Labute approximate surface area is 93.9 Å². The topological polar surface area (TPSA) is 55.4 Å². The van der Waals surface area contributed by atoms with Crippen LogP contribution in [0.5, 0.6) is 0 Å². The highest BCUT2D eigenvalue weighted by Crippen LogP contribution is 2.16. The number of anilines is 1. The number of ether oxygens (including phenoxy) is 1. The second-order valence-corrected chi connectivity index (χ2v) is 3.18. The van der Waals surface area contributed by atoms with E-state index < -0.39 is 0 Å². The summed E-state index contributed by atoms with van der Waals surface area (Å²) in [5.41, 5.74) is 1.46. The maximum atomic E-state index is 10.9. The van der Waals surface area contributed by atoms with Crippen LogP contribution >= 0.6 is 0 Å². The van der Waals surface area contributed by atoms with Crippen molar-refractivity contribution in [2.24, 2.45) is 0 Å². The van der Waals surface area contributed by atoms with Crippen LogP contribution in [0.3, 0.4) is 0 Å². The van der Waals surface area contributed by atoms with Crippen LogP contribution in [0.15, 0.2) is 30.5 Å². The molecular weight excluding hydrogens is 206 g/mol. The van der Waals surface area contributed by atoms with Gasteiger partial charge in [-0.05, 0) is 12.1 Å². The number of carbonyl (C=O) groups excluding carboxylic acids is 2. The largest absolute Gasteiger partial charge is 0.435 e. The summed E-state index contributed by atoms with van der Waals surface area (Å²) in [5, 5.41) is 2.68. The highest BCUT2D eigenvalue weighted by Gasteiger charge is 1.99. The predicted octanol–water partition coefficient (Wildman–Crippen LogP) is 2.18. The fraction of sp³-hybridized carbons (Fsp3) is 0.167. The molecule has 0 aliphatic carbocycles. The van der Waals surface area contributed by atoms with E-state index in [1.54, 1.807) is 12.1 Å². The summed E-state index contributed by atoms with van der Waals surface area (Å²) in [7, 11) is 0. The molecule has 1 aromatic rings. The van der Waals surface area contributed by atoms with Crippen LogP contribution < -0.4 is 5.32 Å². The molecule has 0 atom stereocenters. The molecule has 0 aliphatic rings. The molecule has 0 fully saturated rings. The van der Waals surface area contributed by atoms with Crippen molar-refractivity contribution in [3.63, 3.8) is 0 Å². The van der Waals surface area contributed by atoms with Crippen LogP contribution in [0, 0.1) is 0 Å². The van der Waals surface area contributed by atoms with Gasteiger partial charge in [0.1, 0.15) is 0 Å². The first-order valence-corrected chi connectivity index (χ1v) is 4.80. The zero-order valence-corrected chi connectivity index (χ0v) is 9.19. The summed E-state index contributed by atoms with van der Waals surface area (Å²) in [6.07, 6.45) is 2.91. The molecule has 1 rings (SSSR count). The van der Waals surface area contributed by atoms with E-state index in [9.17, 15) is 9.59 Å². The second-order valence-electron chi connectivity index (χ2n) is 3.18. The molecule has 0 aliphatic heterocycles. The van der Waals surface area contributed by atoms with E-state index in [1.807, 2.05) is 18.2 Å². The van der Waals surface area contributed by atoms with Gasteiger partial charge < -0.3 is 10.1 Å². The molecule has 0 spiro atoms. The van der Waals surface area contributed by atoms with E-state index in [1.165, 1.54) is 20.1 Å². The van der Waals surface area contributed by atoms with Crippen molar-refractivity contribution in [3.8, 4) is 0 Å². The summed E-state index contributed by atoms with van der Waals surface area (Å²) in [5.74, 6) is -0.526. The third-order valence-electron chi connectivity index (χ3n) is 1.75. The molecule has 4 nitrogen and oxygen atoms in total. The van der Waals surface area contributed by atoms with Crippen molar-refractivity contribution < 1.29 is 14.3 Å². The molecule has 0 radical (unpaired) electrons. The lowest BCUT2D eigenvalue weighted by molar-refractivity contribution is -0.135. The standard InChI is InChI=1S/C12H13NO3/c1-9(14)13-12-6-4-3-5-11(12)7-8-16-10(2)15/h3-8H,1-2H3,(H,13,14)/b8-7+. The Morgan fingerprint density at radius 1 is 1.25 bits per heavy atom. The van der Waals surface area contributed by atoms with E-state index in [2.05, 4.69) is 10.1 Å². The maximum absolute atomic E-state index is 10.9. The number of benzene rings is 1. The minimum Gasteiger partial charge on any atom is -0.435 e. The minimum absolute atomic E-state index is 0.145. The number of esters is 1. The lowest BCUT2D eigenvalue weighted by Gasteiger charge is -2.05. The summed E-state index contributed by atoms with van der Waals surface area (Å²) >= 11 is 0. The SMILES string of the molecule is CC(=O)Nc1ccccc1/C=C/OC(C)=O. The van der Waals surface area contributed by atoms with Gasteiger partial charge in [0, 0.05) is 25.1 Å². The highest BCUT2D eigenvalue weighted by atomic mass is 16.5. The van der Waals surface area contributed by atoms with E-state index in [-0.39, 0.29) is 11.9 Å². The Balaban J connectivity index is 2.82. The average Bonchev–Trinajstić information content (AvgIpc) is 2.19. The molecule has 0 heterocycles. The molecule has 84 valence electrons. The van der Waals surface area contributed by atoms with Gasteiger partial charge in [0.05, 0.1) is 6.26 Å². The number of carbonyl (C=O) groups is 2. The van der Waals surface area contributed by atoms with Crippen molar-refractivity contribution in [1.82, 2.24) is 0 Å². The van der Waals surface area contributed by atoms with Gasteiger partial charge in [-0.3, -0.25) is 9.59 Å². The van der Waals surface area contributed by atoms with Gasteiger partial charge in [0.2, 0.25) is 5.91 Å². The number of hydrogen-bond acceptors (Lipinski definition) is 3. The third kappa shape index (κ3) is 3.96. The van der Waals surface area contributed by atoms with Crippen molar-refractivity contribution in [2.75, 3.05) is 5.32 Å². The lowest BCUT2D eigenvalue weighted by Crippen LogP contribution is -2.06. The van der Waals surface area contributed by atoms with Crippen LogP contribution in [-0.2, 0) is 14.3 Å². The maximum Gasteiger partial charge on any atom is 0.307 e. The van der Waals surface area contributed by atoms with E-state index in [4.69, 9.17) is 0 Å². The minimum atomic E-state index is -0.381. The van der Waals surface area contributed by atoms with Crippen molar-refractivity contribution in [1.29, 1.82) is 0 Å². The average molecular weight is 219 g/mol. The first-order chi connectivity index (χ1) is 7.59. The number of nitrogens with one attached hydrogen (secondary N) is 1. The van der Waals surface area contributed by atoms with Crippen LogP contribution in [-0.4, -0.2) is 11.9 Å². The highest BCUT2D eigenvalue weighted by molar-refractivity contribution is 5.91. The lowest BCUT2D eigenvalue weighted by atomic mass is 10.2. The molecule has 0 aromatic heterocycles. The monoisotopic (exact) mass is 219 g/mol. The normalized spacial score (nSPS) is 10.1. The van der Waals surface area contributed by atoms with E-state index in [0.717, 1.165) is 5.56 Å². The van der Waals surface area contributed by atoms with Crippen LogP contribution in [0.25, 0.3) is 6.08 Å². The summed E-state index contributed by atoms with van der Waals surface area (Å²) in [4.78, 5) is 21.5. The number of para-hydroxylation sites is 1. The number of amides is 1. The van der Waals surface area contributed by atoms with Gasteiger partial charge >= 0.3 is 5.97 Å². The number of hydrogen-bond donors (Lipinski definition) is 1. The van der Waals surface area contributed by atoms with E-state index >= 15 is 0 Å². The van der Waals surface area contributed by atoms with Crippen molar-refractivity contribution in [3.05, 3.63) is 36.1 Å². The third-order valence-corrected chi connectivity index (χ3v) is 1.75. The summed E-state index contributed by atoms with van der Waals surface area (Å²) < 4.78 is 4.67. The molecule has 1 N–H and O–H groups in total. The van der Waals surface area contributed by atoms with Gasteiger partial charge in [-0.1, -0.05) is 18.2 Å². The zero-order valence-electron chi connectivity index (χ0n) is 9.19. The van der Waals surface area contributed by atoms with Gasteiger partial charge in [-0.15, -0.1) is 0 Å². The van der Waals surface area contributed by atoms with Crippen molar-refractivity contribution in [2.45, 2.75) is 13.8 Å². The van der Waals surface area contributed by atoms with E-state index in [0.29, 0.717) is 5.69 Å². The zero-order chi connectivity index (χ0) is 12.0. The fourth-order valence-electron chi connectivity index (χ4n) is 1.15. The number of rotatable bonds is 3. The van der Waals surface area contributed by atoms with Gasteiger partial charge in [-0.2, -0.15) is 0 Å². The Morgan fingerprint density at radius 3 is 2.56 bits per heavy atom. The first-order valence-electron chi connectivity index (χ1n) is 4.80. The Bertz CT molecular complexity index is 424.